The van der Waals surface area contributed by atoms with Crippen LogP contribution < -0.4 is 4.74 Å². The molecule has 0 radical (unpaired) electrons. The van der Waals surface area contributed by atoms with Crippen molar-refractivity contribution in [1.82, 2.24) is 0 Å². The SMILES string of the molecule is CC1CCCC(Oc2ccc(C#CCCCl)cc2)C1. The molecule has 0 amide bonds. The zero-order valence-electron chi connectivity index (χ0n) is 11.5. The van der Waals surface area contributed by atoms with Gasteiger partial charge in [-0.25, -0.2) is 0 Å². The minimum absolute atomic E-state index is 0.386. The molecular weight excluding hydrogens is 256 g/mol. The largest absolute Gasteiger partial charge is 0.490 e. The lowest BCUT2D eigenvalue weighted by molar-refractivity contribution is 0.129. The van der Waals surface area contributed by atoms with Crippen molar-refractivity contribution in [3.8, 4) is 17.6 Å². The predicted molar refractivity (Wildman–Crippen MR) is 80.7 cm³/mol. The standard InChI is InChI=1S/C17H21ClO/c1-14-5-4-7-17(13-14)19-16-10-8-15(9-11-16)6-2-3-12-18/h8-11,14,17H,3-5,7,12-13H2,1H3. The van der Waals surface area contributed by atoms with E-state index < -0.39 is 0 Å². The third-order valence-corrected chi connectivity index (χ3v) is 3.69. The second kappa shape index (κ2) is 7.46. The molecule has 1 aromatic rings. The van der Waals surface area contributed by atoms with Crippen LogP contribution in [0.5, 0.6) is 5.75 Å². The molecule has 1 aromatic carbocycles. The van der Waals surface area contributed by atoms with Crippen LogP contribution >= 0.6 is 11.6 Å². The van der Waals surface area contributed by atoms with Gasteiger partial charge in [-0.3, -0.25) is 0 Å². The highest BCUT2D eigenvalue weighted by molar-refractivity contribution is 6.18. The maximum absolute atomic E-state index is 6.04. The molecule has 0 aliphatic heterocycles. The summed E-state index contributed by atoms with van der Waals surface area (Å²) in [4.78, 5) is 0. The second-order valence-corrected chi connectivity index (χ2v) is 5.65. The summed E-state index contributed by atoms with van der Waals surface area (Å²) in [5.74, 6) is 8.47. The zero-order chi connectivity index (χ0) is 13.5. The van der Waals surface area contributed by atoms with Gasteiger partial charge in [0.1, 0.15) is 5.75 Å². The van der Waals surface area contributed by atoms with Gasteiger partial charge in [0.05, 0.1) is 6.10 Å². The monoisotopic (exact) mass is 276 g/mol. The Bertz CT molecular complexity index is 441. The van der Waals surface area contributed by atoms with Crippen LogP contribution in [0.3, 0.4) is 0 Å². The van der Waals surface area contributed by atoms with Crippen LogP contribution in [-0.4, -0.2) is 12.0 Å². The van der Waals surface area contributed by atoms with Crippen molar-refractivity contribution in [1.29, 1.82) is 0 Å². The van der Waals surface area contributed by atoms with E-state index in [9.17, 15) is 0 Å². The van der Waals surface area contributed by atoms with E-state index in [4.69, 9.17) is 16.3 Å². The smallest absolute Gasteiger partial charge is 0.119 e. The third kappa shape index (κ3) is 4.80. The van der Waals surface area contributed by atoms with Crippen LogP contribution in [0.25, 0.3) is 0 Å². The van der Waals surface area contributed by atoms with E-state index in [0.717, 1.165) is 23.7 Å². The molecule has 1 saturated carbocycles. The fraction of sp³-hybridized carbons (Fsp3) is 0.529. The Morgan fingerprint density at radius 3 is 2.74 bits per heavy atom. The second-order valence-electron chi connectivity index (χ2n) is 5.28. The molecule has 2 atom stereocenters. The summed E-state index contributed by atoms with van der Waals surface area (Å²) in [6.45, 7) is 2.31. The number of hydrogen-bond donors (Lipinski definition) is 0. The summed E-state index contributed by atoms with van der Waals surface area (Å²) in [6.07, 6.45) is 6.11. The molecule has 0 aromatic heterocycles. The van der Waals surface area contributed by atoms with Crippen molar-refractivity contribution in [2.45, 2.75) is 45.1 Å². The molecule has 1 nitrogen and oxygen atoms in total. The first-order valence-electron chi connectivity index (χ1n) is 7.09. The minimum atomic E-state index is 0.386. The molecule has 0 spiro atoms. The highest BCUT2D eigenvalue weighted by Gasteiger charge is 2.19. The molecule has 1 fully saturated rings. The zero-order valence-corrected chi connectivity index (χ0v) is 12.2. The van der Waals surface area contributed by atoms with E-state index in [2.05, 4.69) is 18.8 Å². The molecular formula is C17H21ClO. The minimum Gasteiger partial charge on any atom is -0.490 e. The van der Waals surface area contributed by atoms with E-state index in [1.54, 1.807) is 0 Å². The Morgan fingerprint density at radius 1 is 1.26 bits per heavy atom. The van der Waals surface area contributed by atoms with Gasteiger partial charge in [0.15, 0.2) is 0 Å². The topological polar surface area (TPSA) is 9.23 Å². The first kappa shape index (κ1) is 14.3. The summed E-state index contributed by atoms with van der Waals surface area (Å²) < 4.78 is 6.04. The van der Waals surface area contributed by atoms with Crippen LogP contribution in [0.1, 0.15) is 44.6 Å². The summed E-state index contributed by atoms with van der Waals surface area (Å²) in [5.41, 5.74) is 1.02. The first-order chi connectivity index (χ1) is 9.28. The molecule has 0 heterocycles. The van der Waals surface area contributed by atoms with Gasteiger partial charge in [0.25, 0.3) is 0 Å². The van der Waals surface area contributed by atoms with Gasteiger partial charge in [0.2, 0.25) is 0 Å². The van der Waals surface area contributed by atoms with Crippen LogP contribution in [0.2, 0.25) is 0 Å². The predicted octanol–water partition coefficient (Wildman–Crippen LogP) is 4.62. The molecule has 1 aliphatic carbocycles. The lowest BCUT2D eigenvalue weighted by Crippen LogP contribution is -2.23. The third-order valence-electron chi connectivity index (χ3n) is 3.50. The summed E-state index contributed by atoms with van der Waals surface area (Å²) in [6, 6.07) is 8.07. The number of hydrogen-bond acceptors (Lipinski definition) is 1. The van der Waals surface area contributed by atoms with Crippen molar-refractivity contribution in [2.24, 2.45) is 5.92 Å². The molecule has 0 N–H and O–H groups in total. The van der Waals surface area contributed by atoms with Crippen molar-refractivity contribution < 1.29 is 4.74 Å². The van der Waals surface area contributed by atoms with Crippen LogP contribution in [0.4, 0.5) is 0 Å². The van der Waals surface area contributed by atoms with E-state index >= 15 is 0 Å². The number of alkyl halides is 1. The molecule has 2 heteroatoms. The lowest BCUT2D eigenvalue weighted by atomic mass is 9.89. The van der Waals surface area contributed by atoms with Gasteiger partial charge in [-0.15, -0.1) is 11.6 Å². The van der Waals surface area contributed by atoms with Gasteiger partial charge >= 0.3 is 0 Å². The quantitative estimate of drug-likeness (QED) is 0.578. The van der Waals surface area contributed by atoms with Gasteiger partial charge in [-0.05, 0) is 49.4 Å². The lowest BCUT2D eigenvalue weighted by Gasteiger charge is -2.27. The molecule has 19 heavy (non-hydrogen) atoms. The van der Waals surface area contributed by atoms with Crippen molar-refractivity contribution in [3.05, 3.63) is 29.8 Å². The highest BCUT2D eigenvalue weighted by atomic mass is 35.5. The normalized spacial score (nSPS) is 22.4. The Morgan fingerprint density at radius 2 is 2.05 bits per heavy atom. The Kier molecular flexibility index (Phi) is 5.61. The Balaban J connectivity index is 1.90. The molecule has 0 bridgehead atoms. The summed E-state index contributed by atoms with van der Waals surface area (Å²) >= 11 is 5.59. The first-order valence-corrected chi connectivity index (χ1v) is 7.63. The van der Waals surface area contributed by atoms with Crippen molar-refractivity contribution >= 4 is 11.6 Å². The van der Waals surface area contributed by atoms with Gasteiger partial charge in [-0.1, -0.05) is 25.2 Å². The molecule has 102 valence electrons. The molecule has 1 aliphatic rings. The van der Waals surface area contributed by atoms with Crippen LogP contribution in [0, 0.1) is 17.8 Å². The van der Waals surface area contributed by atoms with Gasteiger partial charge in [-0.2, -0.15) is 0 Å². The van der Waals surface area contributed by atoms with Crippen molar-refractivity contribution in [3.63, 3.8) is 0 Å². The Labute approximate surface area is 121 Å². The Hall–Kier alpha value is -1.13. The van der Waals surface area contributed by atoms with Crippen molar-refractivity contribution in [2.75, 3.05) is 5.88 Å². The van der Waals surface area contributed by atoms with Crippen LogP contribution in [-0.2, 0) is 0 Å². The number of halogens is 1. The number of ether oxygens (including phenoxy) is 1. The fourth-order valence-corrected chi connectivity index (χ4v) is 2.60. The number of benzene rings is 1. The molecule has 0 saturated heterocycles. The van der Waals surface area contributed by atoms with Crippen LogP contribution in [0.15, 0.2) is 24.3 Å². The van der Waals surface area contributed by atoms with E-state index in [0.29, 0.717) is 12.0 Å². The van der Waals surface area contributed by atoms with E-state index in [1.165, 1.54) is 25.7 Å². The van der Waals surface area contributed by atoms with Gasteiger partial charge < -0.3 is 4.74 Å². The maximum atomic E-state index is 6.04. The maximum Gasteiger partial charge on any atom is 0.119 e. The highest BCUT2D eigenvalue weighted by Crippen LogP contribution is 2.27. The van der Waals surface area contributed by atoms with Gasteiger partial charge in [0, 0.05) is 17.9 Å². The average Bonchev–Trinajstić information content (AvgIpc) is 2.41. The summed E-state index contributed by atoms with van der Waals surface area (Å²) in [7, 11) is 0. The fourth-order valence-electron chi connectivity index (χ4n) is 2.51. The van der Waals surface area contributed by atoms with E-state index in [1.807, 2.05) is 24.3 Å². The molecule has 2 rings (SSSR count). The summed E-state index contributed by atoms with van der Waals surface area (Å²) in [5, 5.41) is 0. The van der Waals surface area contributed by atoms with E-state index in [-0.39, 0.29) is 0 Å². The average molecular weight is 277 g/mol. The number of rotatable bonds is 3. The molecule has 2 unspecified atom stereocenters.